The number of amides is 1. The molecule has 138 valence electrons. The second-order valence-electron chi connectivity index (χ2n) is 6.82. The molecule has 1 atom stereocenters. The maximum absolute atomic E-state index is 13.6. The van der Waals surface area contributed by atoms with E-state index in [1.807, 2.05) is 63.2 Å². The lowest BCUT2D eigenvalue weighted by Crippen LogP contribution is -2.37. The summed E-state index contributed by atoms with van der Waals surface area (Å²) in [6.45, 7) is 6.17. The number of benzene rings is 2. The SMILES string of the molecule is Cc1cc(C)c(S(=O)(=O)N2CCNC(=O)CC2c2ccccc2)c(C)c1. The molecule has 1 unspecified atom stereocenters. The Morgan fingerprint density at radius 3 is 2.27 bits per heavy atom. The van der Waals surface area contributed by atoms with E-state index in [0.29, 0.717) is 11.4 Å². The molecular weight excluding hydrogens is 348 g/mol. The number of carbonyl (C=O) groups is 1. The zero-order valence-corrected chi connectivity index (χ0v) is 16.1. The number of hydrogen-bond acceptors (Lipinski definition) is 3. The topological polar surface area (TPSA) is 66.5 Å². The Morgan fingerprint density at radius 2 is 1.65 bits per heavy atom. The molecule has 0 aliphatic carbocycles. The number of sulfonamides is 1. The van der Waals surface area contributed by atoms with Gasteiger partial charge in [0.15, 0.2) is 0 Å². The summed E-state index contributed by atoms with van der Waals surface area (Å²) < 4.78 is 28.6. The van der Waals surface area contributed by atoms with Gasteiger partial charge < -0.3 is 5.32 Å². The van der Waals surface area contributed by atoms with E-state index in [4.69, 9.17) is 0 Å². The van der Waals surface area contributed by atoms with Crippen LogP contribution in [0.1, 0.15) is 34.7 Å². The van der Waals surface area contributed by atoms with E-state index in [9.17, 15) is 13.2 Å². The van der Waals surface area contributed by atoms with Gasteiger partial charge in [0, 0.05) is 19.5 Å². The fraction of sp³-hybridized carbons (Fsp3) is 0.350. The van der Waals surface area contributed by atoms with Gasteiger partial charge in [-0.15, -0.1) is 0 Å². The van der Waals surface area contributed by atoms with Crippen LogP contribution in [0.25, 0.3) is 0 Å². The molecule has 5 nitrogen and oxygen atoms in total. The van der Waals surface area contributed by atoms with Crippen LogP contribution in [0.4, 0.5) is 0 Å². The number of nitrogens with zero attached hydrogens (tertiary/aromatic N) is 1. The summed E-state index contributed by atoms with van der Waals surface area (Å²) in [6, 6.07) is 12.6. The Balaban J connectivity index is 2.13. The van der Waals surface area contributed by atoms with Crippen molar-refractivity contribution in [2.24, 2.45) is 0 Å². The molecule has 0 aromatic heterocycles. The fourth-order valence-corrected chi connectivity index (χ4v) is 5.78. The van der Waals surface area contributed by atoms with E-state index < -0.39 is 16.1 Å². The highest BCUT2D eigenvalue weighted by molar-refractivity contribution is 7.89. The van der Waals surface area contributed by atoms with Crippen LogP contribution in [0.2, 0.25) is 0 Å². The lowest BCUT2D eigenvalue weighted by atomic mass is 10.0. The summed E-state index contributed by atoms with van der Waals surface area (Å²) >= 11 is 0. The first-order valence-electron chi connectivity index (χ1n) is 8.72. The van der Waals surface area contributed by atoms with Crippen LogP contribution in [0.5, 0.6) is 0 Å². The Labute approximate surface area is 155 Å². The van der Waals surface area contributed by atoms with Gasteiger partial charge in [0.05, 0.1) is 10.9 Å². The largest absolute Gasteiger partial charge is 0.355 e. The minimum Gasteiger partial charge on any atom is -0.355 e. The molecule has 0 bridgehead atoms. The maximum Gasteiger partial charge on any atom is 0.244 e. The highest BCUT2D eigenvalue weighted by Gasteiger charge is 2.36. The third kappa shape index (κ3) is 3.52. The minimum atomic E-state index is -3.74. The lowest BCUT2D eigenvalue weighted by Gasteiger charge is -2.30. The van der Waals surface area contributed by atoms with Crippen molar-refractivity contribution in [1.82, 2.24) is 9.62 Å². The van der Waals surface area contributed by atoms with Crippen molar-refractivity contribution in [3.63, 3.8) is 0 Å². The molecular formula is C20H24N2O3S. The molecule has 0 radical (unpaired) electrons. The zero-order chi connectivity index (χ0) is 18.9. The van der Waals surface area contributed by atoms with E-state index in [0.717, 1.165) is 22.3 Å². The Hall–Kier alpha value is -2.18. The fourth-order valence-electron chi connectivity index (χ4n) is 3.75. The second kappa shape index (κ2) is 7.21. The number of carbonyl (C=O) groups excluding carboxylic acids is 1. The summed E-state index contributed by atoms with van der Waals surface area (Å²) in [4.78, 5) is 12.5. The van der Waals surface area contributed by atoms with E-state index in [2.05, 4.69) is 5.32 Å². The first-order valence-corrected chi connectivity index (χ1v) is 10.2. The van der Waals surface area contributed by atoms with Gasteiger partial charge in [0.1, 0.15) is 0 Å². The predicted octanol–water partition coefficient (Wildman–Crippen LogP) is 2.86. The van der Waals surface area contributed by atoms with Crippen LogP contribution in [0.15, 0.2) is 47.4 Å². The van der Waals surface area contributed by atoms with Gasteiger partial charge in [0.25, 0.3) is 0 Å². The van der Waals surface area contributed by atoms with Crippen molar-refractivity contribution in [1.29, 1.82) is 0 Å². The van der Waals surface area contributed by atoms with Crippen LogP contribution in [-0.4, -0.2) is 31.7 Å². The lowest BCUT2D eigenvalue weighted by molar-refractivity contribution is -0.121. The van der Waals surface area contributed by atoms with E-state index in [1.54, 1.807) is 0 Å². The van der Waals surface area contributed by atoms with Gasteiger partial charge in [-0.05, 0) is 37.5 Å². The van der Waals surface area contributed by atoms with E-state index in [1.165, 1.54) is 4.31 Å². The summed E-state index contributed by atoms with van der Waals surface area (Å²) in [6.07, 6.45) is 0.118. The van der Waals surface area contributed by atoms with Gasteiger partial charge in [-0.3, -0.25) is 4.79 Å². The third-order valence-corrected chi connectivity index (χ3v) is 6.95. The molecule has 0 spiro atoms. The zero-order valence-electron chi connectivity index (χ0n) is 15.3. The smallest absolute Gasteiger partial charge is 0.244 e. The number of aryl methyl sites for hydroxylation is 3. The number of hydrogen-bond donors (Lipinski definition) is 1. The van der Waals surface area contributed by atoms with Crippen molar-refractivity contribution in [3.05, 3.63) is 64.7 Å². The molecule has 1 aliphatic rings. The van der Waals surface area contributed by atoms with Crippen molar-refractivity contribution in [3.8, 4) is 0 Å². The number of nitrogens with one attached hydrogen (secondary N) is 1. The molecule has 2 aromatic carbocycles. The molecule has 1 heterocycles. The molecule has 0 saturated carbocycles. The molecule has 1 saturated heterocycles. The minimum absolute atomic E-state index is 0.118. The first-order chi connectivity index (χ1) is 12.3. The predicted molar refractivity (Wildman–Crippen MR) is 101 cm³/mol. The highest BCUT2D eigenvalue weighted by atomic mass is 32.2. The summed E-state index contributed by atoms with van der Waals surface area (Å²) in [5, 5.41) is 2.79. The Bertz CT molecular complexity index is 900. The average molecular weight is 372 g/mol. The molecule has 6 heteroatoms. The molecule has 26 heavy (non-hydrogen) atoms. The summed E-state index contributed by atoms with van der Waals surface area (Å²) in [5.41, 5.74) is 3.33. The van der Waals surface area contributed by atoms with Gasteiger partial charge in [0.2, 0.25) is 15.9 Å². The van der Waals surface area contributed by atoms with Gasteiger partial charge in [-0.1, -0.05) is 48.0 Å². The van der Waals surface area contributed by atoms with Crippen molar-refractivity contribution in [2.75, 3.05) is 13.1 Å². The third-order valence-electron chi connectivity index (χ3n) is 4.74. The quantitative estimate of drug-likeness (QED) is 0.901. The van der Waals surface area contributed by atoms with Crippen LogP contribution < -0.4 is 5.32 Å². The van der Waals surface area contributed by atoms with Gasteiger partial charge >= 0.3 is 0 Å². The molecule has 2 aromatic rings. The molecule has 3 rings (SSSR count). The van der Waals surface area contributed by atoms with E-state index in [-0.39, 0.29) is 18.9 Å². The van der Waals surface area contributed by atoms with Crippen LogP contribution in [0, 0.1) is 20.8 Å². The summed E-state index contributed by atoms with van der Waals surface area (Å²) in [5.74, 6) is -0.131. The van der Waals surface area contributed by atoms with Crippen molar-refractivity contribution >= 4 is 15.9 Å². The Kier molecular flexibility index (Phi) is 5.16. The van der Waals surface area contributed by atoms with Crippen molar-refractivity contribution in [2.45, 2.75) is 38.1 Å². The van der Waals surface area contributed by atoms with Gasteiger partial charge in [-0.25, -0.2) is 8.42 Å². The highest BCUT2D eigenvalue weighted by Crippen LogP contribution is 2.34. The average Bonchev–Trinajstić information content (AvgIpc) is 2.76. The summed E-state index contributed by atoms with van der Waals surface area (Å²) in [7, 11) is -3.74. The molecule has 1 N–H and O–H groups in total. The van der Waals surface area contributed by atoms with Gasteiger partial charge in [-0.2, -0.15) is 4.31 Å². The second-order valence-corrected chi connectivity index (χ2v) is 8.65. The number of rotatable bonds is 3. The molecule has 1 fully saturated rings. The normalized spacial score (nSPS) is 19.0. The van der Waals surface area contributed by atoms with E-state index >= 15 is 0 Å². The Morgan fingerprint density at radius 1 is 1.04 bits per heavy atom. The van der Waals surface area contributed by atoms with Crippen LogP contribution in [-0.2, 0) is 14.8 Å². The molecule has 1 aliphatic heterocycles. The maximum atomic E-state index is 13.6. The van der Waals surface area contributed by atoms with Crippen LogP contribution in [0.3, 0.4) is 0 Å². The first kappa shape index (κ1) is 18.6. The monoisotopic (exact) mass is 372 g/mol. The standard InChI is InChI=1S/C20H24N2O3S/c1-14-11-15(2)20(16(3)12-14)26(24,25)22-10-9-21-19(23)13-18(22)17-7-5-4-6-8-17/h4-8,11-12,18H,9-10,13H2,1-3H3,(H,21,23). The van der Waals surface area contributed by atoms with Crippen LogP contribution >= 0.6 is 0 Å². The molecule has 1 amide bonds. The van der Waals surface area contributed by atoms with Crippen molar-refractivity contribution < 1.29 is 13.2 Å².